The lowest BCUT2D eigenvalue weighted by molar-refractivity contribution is 0.635. The first-order chi connectivity index (χ1) is 8.52. The summed E-state index contributed by atoms with van der Waals surface area (Å²) in [6.07, 6.45) is 0. The smallest absolute Gasteiger partial charge is 0.150 e. The quantitative estimate of drug-likeness (QED) is 0.879. The lowest BCUT2D eigenvalue weighted by Crippen LogP contribution is -2.02. The Bertz CT molecular complexity index is 582. The molecule has 0 saturated heterocycles. The molecule has 0 amide bonds. The van der Waals surface area contributed by atoms with Crippen LogP contribution in [0.15, 0.2) is 18.2 Å². The number of pyridine rings is 1. The van der Waals surface area contributed by atoms with Crippen molar-refractivity contribution in [2.45, 2.75) is 26.7 Å². The molecule has 1 aromatic carbocycles. The minimum Gasteiger partial charge on any atom is -0.385 e. The van der Waals surface area contributed by atoms with Crippen molar-refractivity contribution in [3.63, 3.8) is 0 Å². The molecule has 1 heterocycles. The Labute approximate surface area is 111 Å². The van der Waals surface area contributed by atoms with Crippen molar-refractivity contribution in [2.75, 3.05) is 11.9 Å². The van der Waals surface area contributed by atoms with E-state index in [9.17, 15) is 4.39 Å². The Morgan fingerprint density at radius 1 is 1.33 bits per heavy atom. The molecule has 0 aliphatic rings. The highest BCUT2D eigenvalue weighted by atomic mass is 35.5. The molecule has 2 rings (SSSR count). The van der Waals surface area contributed by atoms with E-state index in [1.165, 1.54) is 6.07 Å². The average Bonchev–Trinajstić information content (AvgIpc) is 2.29. The van der Waals surface area contributed by atoms with E-state index in [0.29, 0.717) is 10.5 Å². The van der Waals surface area contributed by atoms with Crippen molar-refractivity contribution < 1.29 is 4.39 Å². The summed E-state index contributed by atoms with van der Waals surface area (Å²) < 4.78 is 13.9. The second kappa shape index (κ2) is 5.11. The average molecular weight is 267 g/mol. The van der Waals surface area contributed by atoms with Gasteiger partial charge in [0, 0.05) is 28.3 Å². The lowest BCUT2D eigenvalue weighted by Gasteiger charge is -2.13. The zero-order valence-corrected chi connectivity index (χ0v) is 11.5. The van der Waals surface area contributed by atoms with E-state index in [0.717, 1.165) is 23.3 Å². The summed E-state index contributed by atoms with van der Waals surface area (Å²) >= 11 is 5.90. The zero-order valence-electron chi connectivity index (χ0n) is 10.7. The van der Waals surface area contributed by atoms with E-state index in [2.05, 4.69) is 10.3 Å². The van der Waals surface area contributed by atoms with Crippen molar-refractivity contribution >= 4 is 28.2 Å². The van der Waals surface area contributed by atoms with Crippen LogP contribution in [-0.2, 0) is 0 Å². The van der Waals surface area contributed by atoms with Gasteiger partial charge in [0.05, 0.1) is 0 Å². The van der Waals surface area contributed by atoms with Crippen LogP contribution in [0.3, 0.4) is 0 Å². The fourth-order valence-corrected chi connectivity index (χ4v) is 2.11. The van der Waals surface area contributed by atoms with Gasteiger partial charge in [0.15, 0.2) is 5.82 Å². The minimum absolute atomic E-state index is 0.252. The van der Waals surface area contributed by atoms with Gasteiger partial charge in [0.2, 0.25) is 0 Å². The number of halogens is 2. The lowest BCUT2D eigenvalue weighted by atomic mass is 10.1. The predicted molar refractivity (Wildman–Crippen MR) is 75.0 cm³/mol. The number of fused-ring (bicyclic) bond motifs is 1. The number of rotatable bonds is 3. The van der Waals surface area contributed by atoms with Crippen LogP contribution in [0.1, 0.15) is 32.4 Å². The second-order valence-electron chi connectivity index (χ2n) is 4.56. The Morgan fingerprint density at radius 3 is 2.67 bits per heavy atom. The van der Waals surface area contributed by atoms with Crippen LogP contribution in [0.4, 0.5) is 10.1 Å². The maximum Gasteiger partial charge on any atom is 0.150 e. The number of nitrogens with zero attached hydrogens (tertiary/aromatic N) is 1. The molecule has 18 heavy (non-hydrogen) atoms. The third-order valence-corrected chi connectivity index (χ3v) is 3.03. The molecule has 0 fully saturated rings. The second-order valence-corrected chi connectivity index (χ2v) is 5.00. The Balaban J connectivity index is 2.76. The molecule has 0 radical (unpaired) electrons. The zero-order chi connectivity index (χ0) is 13.3. The fourth-order valence-electron chi connectivity index (χ4n) is 1.90. The molecule has 1 N–H and O–H groups in total. The first-order valence-corrected chi connectivity index (χ1v) is 6.44. The summed E-state index contributed by atoms with van der Waals surface area (Å²) in [6.45, 7) is 6.85. The van der Waals surface area contributed by atoms with Gasteiger partial charge < -0.3 is 5.32 Å². The van der Waals surface area contributed by atoms with Crippen molar-refractivity contribution in [1.82, 2.24) is 4.98 Å². The normalized spacial score (nSPS) is 11.2. The summed E-state index contributed by atoms with van der Waals surface area (Å²) in [5.74, 6) is -0.124. The standard InChI is InChI=1S/C14H16ClFN2/c1-4-17-13-7-12(8(2)3)18-14-10(13)5-9(15)6-11(14)16/h5-8H,4H2,1-3H3,(H,17,18). The van der Waals surface area contributed by atoms with Gasteiger partial charge in [0.25, 0.3) is 0 Å². The highest BCUT2D eigenvalue weighted by Gasteiger charge is 2.12. The fraction of sp³-hybridized carbons (Fsp3) is 0.357. The molecule has 2 nitrogen and oxygen atoms in total. The summed E-state index contributed by atoms with van der Waals surface area (Å²) in [5, 5.41) is 4.35. The van der Waals surface area contributed by atoms with Crippen LogP contribution in [0.2, 0.25) is 5.02 Å². The van der Waals surface area contributed by atoms with E-state index in [-0.39, 0.29) is 11.7 Å². The third kappa shape index (κ3) is 2.41. The molecular formula is C14H16ClFN2. The number of anilines is 1. The number of nitrogens with one attached hydrogen (secondary N) is 1. The molecule has 1 aromatic heterocycles. The predicted octanol–water partition coefficient (Wildman–Crippen LogP) is 4.58. The van der Waals surface area contributed by atoms with Gasteiger partial charge in [-0.1, -0.05) is 25.4 Å². The summed E-state index contributed by atoms with van der Waals surface area (Å²) in [7, 11) is 0. The van der Waals surface area contributed by atoms with Gasteiger partial charge in [-0.25, -0.2) is 9.37 Å². The van der Waals surface area contributed by atoms with Crippen LogP contribution in [0.5, 0.6) is 0 Å². The Morgan fingerprint density at radius 2 is 2.06 bits per heavy atom. The molecular weight excluding hydrogens is 251 g/mol. The molecule has 0 saturated carbocycles. The number of hydrogen-bond donors (Lipinski definition) is 1. The van der Waals surface area contributed by atoms with Crippen LogP contribution in [0, 0.1) is 5.82 Å². The largest absolute Gasteiger partial charge is 0.385 e. The molecule has 2 aromatic rings. The topological polar surface area (TPSA) is 24.9 Å². The maximum atomic E-state index is 13.9. The third-order valence-electron chi connectivity index (χ3n) is 2.81. The molecule has 0 aliphatic heterocycles. The summed E-state index contributed by atoms with van der Waals surface area (Å²) in [5.41, 5.74) is 2.13. The highest BCUT2D eigenvalue weighted by Crippen LogP contribution is 2.30. The van der Waals surface area contributed by atoms with Gasteiger partial charge in [-0.3, -0.25) is 0 Å². The SMILES string of the molecule is CCNc1cc(C(C)C)nc2c(F)cc(Cl)cc12. The Hall–Kier alpha value is -1.35. The van der Waals surface area contributed by atoms with Gasteiger partial charge in [-0.15, -0.1) is 0 Å². The first-order valence-electron chi connectivity index (χ1n) is 6.06. The molecule has 0 unspecified atom stereocenters. The minimum atomic E-state index is -0.376. The number of aromatic nitrogens is 1. The van der Waals surface area contributed by atoms with Crippen LogP contribution < -0.4 is 5.32 Å². The van der Waals surface area contributed by atoms with Crippen LogP contribution in [0.25, 0.3) is 10.9 Å². The molecule has 0 atom stereocenters. The first kappa shape index (κ1) is 13.1. The van der Waals surface area contributed by atoms with Gasteiger partial charge >= 0.3 is 0 Å². The molecule has 0 bridgehead atoms. The molecule has 0 spiro atoms. The van der Waals surface area contributed by atoms with Gasteiger partial charge in [-0.05, 0) is 31.0 Å². The van der Waals surface area contributed by atoms with Gasteiger partial charge in [0.1, 0.15) is 5.52 Å². The van der Waals surface area contributed by atoms with E-state index in [1.807, 2.05) is 26.8 Å². The number of hydrogen-bond acceptors (Lipinski definition) is 2. The molecule has 0 aliphatic carbocycles. The van der Waals surface area contributed by atoms with Crippen molar-refractivity contribution in [1.29, 1.82) is 0 Å². The highest BCUT2D eigenvalue weighted by molar-refractivity contribution is 6.31. The van der Waals surface area contributed by atoms with Gasteiger partial charge in [-0.2, -0.15) is 0 Å². The summed E-state index contributed by atoms with van der Waals surface area (Å²) in [4.78, 5) is 4.38. The number of benzene rings is 1. The van der Waals surface area contributed by atoms with Crippen LogP contribution in [-0.4, -0.2) is 11.5 Å². The monoisotopic (exact) mass is 266 g/mol. The van der Waals surface area contributed by atoms with Crippen LogP contribution >= 0.6 is 11.6 Å². The van der Waals surface area contributed by atoms with Crippen molar-refractivity contribution in [2.24, 2.45) is 0 Å². The molecule has 96 valence electrons. The van der Waals surface area contributed by atoms with E-state index in [1.54, 1.807) is 6.07 Å². The van der Waals surface area contributed by atoms with Crippen molar-refractivity contribution in [3.05, 3.63) is 34.7 Å². The maximum absolute atomic E-state index is 13.9. The van der Waals surface area contributed by atoms with E-state index in [4.69, 9.17) is 11.6 Å². The van der Waals surface area contributed by atoms with Crippen molar-refractivity contribution in [3.8, 4) is 0 Å². The summed E-state index contributed by atoms with van der Waals surface area (Å²) in [6, 6.07) is 5.01. The van der Waals surface area contributed by atoms with E-state index < -0.39 is 0 Å². The van der Waals surface area contributed by atoms with E-state index >= 15 is 0 Å². The Kier molecular flexibility index (Phi) is 3.71. The molecule has 4 heteroatoms.